The molecular weight excluding hydrogens is 320 g/mol. The fourth-order valence-electron chi connectivity index (χ4n) is 3.58. The molecule has 1 unspecified atom stereocenters. The quantitative estimate of drug-likeness (QED) is 0.812. The van der Waals surface area contributed by atoms with Crippen molar-refractivity contribution < 1.29 is 28.5 Å². The first kappa shape index (κ1) is 17.3. The van der Waals surface area contributed by atoms with Gasteiger partial charge in [-0.1, -0.05) is 0 Å². The molecule has 24 heavy (non-hydrogen) atoms. The van der Waals surface area contributed by atoms with Crippen LogP contribution in [0.5, 0.6) is 0 Å². The molecule has 2 aliphatic heterocycles. The summed E-state index contributed by atoms with van der Waals surface area (Å²) in [6, 6.07) is 2.78. The van der Waals surface area contributed by atoms with Crippen molar-refractivity contribution in [3.8, 4) is 0 Å². The molecule has 0 bridgehead atoms. The number of hydrogen-bond donors (Lipinski definition) is 2. The number of rotatable bonds is 1. The van der Waals surface area contributed by atoms with E-state index in [9.17, 15) is 23.8 Å². The maximum Gasteiger partial charge on any atom is 0.256 e. The van der Waals surface area contributed by atoms with E-state index < -0.39 is 34.8 Å². The van der Waals surface area contributed by atoms with Gasteiger partial charge in [-0.3, -0.25) is 4.79 Å². The Kier molecular flexibility index (Phi) is 4.36. The fourth-order valence-corrected chi connectivity index (χ4v) is 3.58. The second-order valence-electron chi connectivity index (χ2n) is 6.84. The van der Waals surface area contributed by atoms with Gasteiger partial charge in [0.05, 0.1) is 17.8 Å². The smallest absolute Gasteiger partial charge is 0.256 e. The molecular formula is C17H21F2NO4. The van der Waals surface area contributed by atoms with Crippen LogP contribution in [0.15, 0.2) is 18.2 Å². The molecule has 132 valence electrons. The minimum Gasteiger partial charge on any atom is -0.387 e. The van der Waals surface area contributed by atoms with E-state index >= 15 is 0 Å². The largest absolute Gasteiger partial charge is 0.387 e. The van der Waals surface area contributed by atoms with Gasteiger partial charge in [0.1, 0.15) is 23.3 Å². The number of hydrogen-bond acceptors (Lipinski definition) is 4. The topological polar surface area (TPSA) is 70.0 Å². The number of carbonyl (C=O) groups excluding carboxylic acids is 1. The number of likely N-dealkylation sites (tertiary alicyclic amines) is 1. The predicted molar refractivity (Wildman–Crippen MR) is 81.4 cm³/mol. The zero-order chi connectivity index (χ0) is 17.5. The summed E-state index contributed by atoms with van der Waals surface area (Å²) in [5.74, 6) is -2.02. The van der Waals surface area contributed by atoms with Crippen LogP contribution in [0.2, 0.25) is 0 Å². The average molecular weight is 341 g/mol. The molecule has 5 nitrogen and oxygen atoms in total. The second kappa shape index (κ2) is 6.06. The number of benzene rings is 1. The molecule has 1 aromatic carbocycles. The predicted octanol–water partition coefficient (Wildman–Crippen LogP) is 1.47. The van der Waals surface area contributed by atoms with Gasteiger partial charge in [0, 0.05) is 19.5 Å². The van der Waals surface area contributed by atoms with Crippen LogP contribution in [-0.4, -0.2) is 58.0 Å². The van der Waals surface area contributed by atoms with Crippen LogP contribution in [0.25, 0.3) is 0 Å². The summed E-state index contributed by atoms with van der Waals surface area (Å²) in [5, 5.41) is 20.7. The molecule has 2 atom stereocenters. The van der Waals surface area contributed by atoms with Gasteiger partial charge in [0.25, 0.3) is 5.91 Å². The Hall–Kier alpha value is -1.57. The number of nitrogens with zero attached hydrogens (tertiary/aromatic N) is 1. The Morgan fingerprint density at radius 2 is 1.96 bits per heavy atom. The molecule has 3 rings (SSSR count). The van der Waals surface area contributed by atoms with Gasteiger partial charge < -0.3 is 19.8 Å². The highest BCUT2D eigenvalue weighted by molar-refractivity contribution is 5.94. The minimum atomic E-state index is -1.24. The number of piperidine rings is 1. The van der Waals surface area contributed by atoms with Crippen LogP contribution in [0.4, 0.5) is 8.78 Å². The average Bonchev–Trinajstić information content (AvgIpc) is 2.55. The third kappa shape index (κ3) is 2.92. The summed E-state index contributed by atoms with van der Waals surface area (Å²) >= 11 is 0. The maximum atomic E-state index is 13.8. The Morgan fingerprint density at radius 3 is 2.62 bits per heavy atom. The maximum absolute atomic E-state index is 13.8. The van der Waals surface area contributed by atoms with Crippen LogP contribution in [0.1, 0.15) is 36.5 Å². The first-order valence-electron chi connectivity index (χ1n) is 8.04. The molecule has 7 heteroatoms. The molecule has 0 saturated carbocycles. The highest BCUT2D eigenvalue weighted by atomic mass is 19.1. The van der Waals surface area contributed by atoms with E-state index in [-0.39, 0.29) is 18.7 Å². The van der Waals surface area contributed by atoms with E-state index in [1.54, 1.807) is 6.92 Å². The van der Waals surface area contributed by atoms with Gasteiger partial charge in [0.15, 0.2) is 0 Å². The lowest BCUT2D eigenvalue weighted by Gasteiger charge is -2.51. The van der Waals surface area contributed by atoms with Gasteiger partial charge in [-0.25, -0.2) is 8.78 Å². The molecule has 1 aromatic rings. The van der Waals surface area contributed by atoms with Gasteiger partial charge in [-0.2, -0.15) is 0 Å². The number of halogens is 2. The fraction of sp³-hybridized carbons (Fsp3) is 0.588. The summed E-state index contributed by atoms with van der Waals surface area (Å²) in [6.45, 7) is 2.38. The van der Waals surface area contributed by atoms with Crippen molar-refractivity contribution >= 4 is 5.91 Å². The van der Waals surface area contributed by atoms with E-state index in [4.69, 9.17) is 4.74 Å². The molecule has 0 aliphatic carbocycles. The highest BCUT2D eigenvalue weighted by Gasteiger charge is 2.53. The zero-order valence-corrected chi connectivity index (χ0v) is 13.5. The van der Waals surface area contributed by atoms with E-state index in [2.05, 4.69) is 0 Å². The lowest BCUT2D eigenvalue weighted by molar-refractivity contribution is -0.244. The van der Waals surface area contributed by atoms with E-state index in [0.717, 1.165) is 18.2 Å². The number of aliphatic hydroxyl groups excluding tert-OH is 1. The van der Waals surface area contributed by atoms with Crippen molar-refractivity contribution in [2.45, 2.75) is 43.5 Å². The lowest BCUT2D eigenvalue weighted by Crippen LogP contribution is -2.64. The van der Waals surface area contributed by atoms with Crippen LogP contribution >= 0.6 is 0 Å². The van der Waals surface area contributed by atoms with Gasteiger partial charge in [-0.05, 0) is 38.0 Å². The van der Waals surface area contributed by atoms with Crippen molar-refractivity contribution in [1.82, 2.24) is 4.90 Å². The van der Waals surface area contributed by atoms with Crippen LogP contribution < -0.4 is 0 Å². The van der Waals surface area contributed by atoms with Crippen molar-refractivity contribution in [2.75, 3.05) is 19.7 Å². The van der Waals surface area contributed by atoms with E-state index in [1.165, 1.54) is 4.90 Å². The third-order valence-electron chi connectivity index (χ3n) is 5.14. The lowest BCUT2D eigenvalue weighted by atomic mass is 9.75. The first-order chi connectivity index (χ1) is 11.3. The SMILES string of the molecule is C[C@@]1(O)CCOC2(CCN(C(=O)c3cc(F)ccc3F)CC2)C1O. The molecule has 2 N–H and O–H groups in total. The van der Waals surface area contributed by atoms with Gasteiger partial charge >= 0.3 is 0 Å². The Bertz CT molecular complexity index is 641. The summed E-state index contributed by atoms with van der Waals surface area (Å²) in [6.07, 6.45) is -0.0607. The third-order valence-corrected chi connectivity index (χ3v) is 5.14. The summed E-state index contributed by atoms with van der Waals surface area (Å²) < 4.78 is 32.8. The summed E-state index contributed by atoms with van der Waals surface area (Å²) in [5.41, 5.74) is -2.44. The molecule has 2 saturated heterocycles. The Labute approximate surface area is 138 Å². The van der Waals surface area contributed by atoms with Crippen LogP contribution in [-0.2, 0) is 4.74 Å². The second-order valence-corrected chi connectivity index (χ2v) is 6.84. The van der Waals surface area contributed by atoms with Crippen LogP contribution in [0.3, 0.4) is 0 Å². The van der Waals surface area contributed by atoms with E-state index in [0.29, 0.717) is 25.9 Å². The summed E-state index contributed by atoms with van der Waals surface area (Å²) in [7, 11) is 0. The summed E-state index contributed by atoms with van der Waals surface area (Å²) in [4.78, 5) is 13.8. The number of carbonyl (C=O) groups is 1. The van der Waals surface area contributed by atoms with Crippen molar-refractivity contribution in [3.63, 3.8) is 0 Å². The number of ether oxygens (including phenoxy) is 1. The standard InChI is InChI=1S/C17H21F2NO4/c1-16(23)6-9-24-17(15(16)22)4-7-20(8-5-17)14(21)12-10-11(18)2-3-13(12)19/h2-3,10,15,22-23H,4-9H2,1H3/t15?,16-/m1/s1. The Morgan fingerprint density at radius 1 is 1.29 bits per heavy atom. The van der Waals surface area contributed by atoms with Gasteiger partial charge in [-0.15, -0.1) is 0 Å². The monoisotopic (exact) mass is 341 g/mol. The molecule has 0 radical (unpaired) electrons. The molecule has 2 heterocycles. The zero-order valence-electron chi connectivity index (χ0n) is 13.5. The van der Waals surface area contributed by atoms with Crippen molar-refractivity contribution in [3.05, 3.63) is 35.4 Å². The Balaban J connectivity index is 1.73. The number of amides is 1. The normalized spacial score (nSPS) is 29.7. The molecule has 2 aliphatic rings. The van der Waals surface area contributed by atoms with E-state index in [1.807, 2.05) is 0 Å². The van der Waals surface area contributed by atoms with Crippen LogP contribution in [0, 0.1) is 11.6 Å². The molecule has 1 spiro atoms. The van der Waals surface area contributed by atoms with Gasteiger partial charge in [0.2, 0.25) is 0 Å². The van der Waals surface area contributed by atoms with Crippen molar-refractivity contribution in [1.29, 1.82) is 0 Å². The molecule has 1 amide bonds. The highest BCUT2D eigenvalue weighted by Crippen LogP contribution is 2.40. The van der Waals surface area contributed by atoms with Crippen molar-refractivity contribution in [2.24, 2.45) is 0 Å². The first-order valence-corrected chi connectivity index (χ1v) is 8.04. The molecule has 2 fully saturated rings. The number of aliphatic hydroxyl groups is 2. The molecule has 0 aromatic heterocycles. The minimum absolute atomic E-state index is 0.238.